The number of hydrogen-bond donors (Lipinski definition) is 7. The van der Waals surface area contributed by atoms with Crippen LogP contribution in [0.4, 0.5) is 0 Å². The smallest absolute Gasteiger partial charge is 0.327 e. The Hall–Kier alpha value is -1.85. The van der Waals surface area contributed by atoms with Crippen molar-refractivity contribution in [2.45, 2.75) is 70.6 Å². The van der Waals surface area contributed by atoms with Crippen LogP contribution in [0.15, 0.2) is 0 Å². The van der Waals surface area contributed by atoms with E-state index in [1.165, 1.54) is 6.92 Å². The first kappa shape index (κ1) is 27.1. The van der Waals surface area contributed by atoms with Crippen LogP contribution in [0.5, 0.6) is 0 Å². The Morgan fingerprint density at radius 1 is 0.966 bits per heavy atom. The second kappa shape index (κ2) is 14.2. The summed E-state index contributed by atoms with van der Waals surface area (Å²) in [5, 5.41) is 16.5. The van der Waals surface area contributed by atoms with Crippen LogP contribution in [0.1, 0.15) is 46.5 Å². The molecule has 0 spiro atoms. The largest absolute Gasteiger partial charge is 0.480 e. The van der Waals surface area contributed by atoms with E-state index in [-0.39, 0.29) is 18.1 Å². The highest BCUT2D eigenvalue weighted by Crippen LogP contribution is 2.06. The molecule has 0 aromatic heterocycles. The molecule has 8 N–H and O–H groups in total. The summed E-state index contributed by atoms with van der Waals surface area (Å²) in [7, 11) is 0. The van der Waals surface area contributed by atoms with Crippen molar-refractivity contribution in [2.75, 3.05) is 12.3 Å². The molecular weight excluding hydrogens is 398 g/mol. The predicted molar refractivity (Wildman–Crippen MR) is 113 cm³/mol. The summed E-state index contributed by atoms with van der Waals surface area (Å²) in [6.07, 6.45) is 2.20. The van der Waals surface area contributed by atoms with Gasteiger partial charge in [-0.1, -0.05) is 20.3 Å². The van der Waals surface area contributed by atoms with Crippen LogP contribution in [0, 0.1) is 5.92 Å². The summed E-state index contributed by atoms with van der Waals surface area (Å²) in [6, 6.07) is -3.79. The van der Waals surface area contributed by atoms with Gasteiger partial charge in [0.2, 0.25) is 17.7 Å². The molecule has 11 heteroatoms. The highest BCUT2D eigenvalue weighted by molar-refractivity contribution is 7.80. The monoisotopic (exact) mass is 433 g/mol. The van der Waals surface area contributed by atoms with E-state index in [4.69, 9.17) is 16.6 Å². The summed E-state index contributed by atoms with van der Waals surface area (Å²) in [5.41, 5.74) is 11.3. The molecule has 0 bridgehead atoms. The number of carbonyl (C=O) groups excluding carboxylic acids is 3. The molecule has 0 saturated heterocycles. The van der Waals surface area contributed by atoms with Crippen molar-refractivity contribution in [3.63, 3.8) is 0 Å². The molecule has 10 nitrogen and oxygen atoms in total. The molecule has 3 amide bonds. The van der Waals surface area contributed by atoms with Crippen molar-refractivity contribution in [3.05, 3.63) is 0 Å². The van der Waals surface area contributed by atoms with Crippen molar-refractivity contribution in [2.24, 2.45) is 17.4 Å². The predicted octanol–water partition coefficient (Wildman–Crippen LogP) is -1.02. The number of rotatable bonds is 14. The summed E-state index contributed by atoms with van der Waals surface area (Å²) < 4.78 is 0. The molecule has 0 heterocycles. The maximum absolute atomic E-state index is 12.5. The van der Waals surface area contributed by atoms with Gasteiger partial charge in [-0.25, -0.2) is 4.79 Å². The van der Waals surface area contributed by atoms with E-state index in [0.717, 1.165) is 0 Å². The Morgan fingerprint density at radius 3 is 2.03 bits per heavy atom. The molecular formula is C18H35N5O5S. The van der Waals surface area contributed by atoms with Gasteiger partial charge < -0.3 is 32.5 Å². The fourth-order valence-electron chi connectivity index (χ4n) is 2.40. The maximum Gasteiger partial charge on any atom is 0.327 e. The van der Waals surface area contributed by atoms with Gasteiger partial charge in [0.25, 0.3) is 0 Å². The van der Waals surface area contributed by atoms with E-state index in [9.17, 15) is 19.2 Å². The van der Waals surface area contributed by atoms with Gasteiger partial charge in [0.15, 0.2) is 0 Å². The zero-order valence-corrected chi connectivity index (χ0v) is 18.2. The van der Waals surface area contributed by atoms with E-state index >= 15 is 0 Å². The van der Waals surface area contributed by atoms with Crippen molar-refractivity contribution in [1.29, 1.82) is 0 Å². The lowest BCUT2D eigenvalue weighted by Crippen LogP contribution is -2.57. The van der Waals surface area contributed by atoms with Crippen LogP contribution in [0.25, 0.3) is 0 Å². The van der Waals surface area contributed by atoms with E-state index in [1.807, 2.05) is 13.8 Å². The van der Waals surface area contributed by atoms with Gasteiger partial charge >= 0.3 is 5.97 Å². The fourth-order valence-corrected chi connectivity index (χ4v) is 2.65. The average molecular weight is 434 g/mol. The number of thiol groups is 1. The number of carbonyl (C=O) groups is 4. The van der Waals surface area contributed by atoms with Gasteiger partial charge in [-0.3, -0.25) is 14.4 Å². The number of carboxylic acid groups (broad SMARTS) is 1. The highest BCUT2D eigenvalue weighted by Gasteiger charge is 2.28. The Morgan fingerprint density at radius 2 is 1.55 bits per heavy atom. The van der Waals surface area contributed by atoms with E-state index in [0.29, 0.717) is 25.8 Å². The van der Waals surface area contributed by atoms with Gasteiger partial charge in [0, 0.05) is 5.75 Å². The molecule has 0 aromatic rings. The van der Waals surface area contributed by atoms with Gasteiger partial charge in [0.05, 0.1) is 6.04 Å². The van der Waals surface area contributed by atoms with Crippen LogP contribution in [0.3, 0.4) is 0 Å². The quantitative estimate of drug-likeness (QED) is 0.135. The lowest BCUT2D eigenvalue weighted by atomic mass is 9.99. The van der Waals surface area contributed by atoms with Crippen LogP contribution >= 0.6 is 12.6 Å². The normalized spacial score (nSPS) is 16.1. The fraction of sp³-hybridized carbons (Fsp3) is 0.778. The molecule has 0 aliphatic rings. The molecule has 0 aromatic carbocycles. The highest BCUT2D eigenvalue weighted by atomic mass is 32.1. The minimum Gasteiger partial charge on any atom is -0.480 e. The number of unbranched alkanes of at least 4 members (excludes halogenated alkanes) is 1. The SMILES string of the molecule is CCC(C)C(N)C(=O)NC(C)C(=O)NC(CCCCN)C(=O)NC(CS)C(=O)O. The minimum atomic E-state index is -1.22. The average Bonchev–Trinajstić information content (AvgIpc) is 2.69. The zero-order chi connectivity index (χ0) is 22.6. The number of nitrogens with one attached hydrogen (secondary N) is 3. The van der Waals surface area contributed by atoms with E-state index in [1.54, 1.807) is 0 Å². The number of carboxylic acids is 1. The Kier molecular flexibility index (Phi) is 13.3. The van der Waals surface area contributed by atoms with Gasteiger partial charge in [-0.05, 0) is 38.6 Å². The topological polar surface area (TPSA) is 177 Å². The molecule has 0 fully saturated rings. The van der Waals surface area contributed by atoms with Crippen LogP contribution in [-0.4, -0.2) is 65.3 Å². The second-order valence-corrected chi connectivity index (χ2v) is 7.43. The van der Waals surface area contributed by atoms with Crippen molar-refractivity contribution < 1.29 is 24.3 Å². The van der Waals surface area contributed by atoms with Gasteiger partial charge in [0.1, 0.15) is 18.1 Å². The number of hydrogen-bond acceptors (Lipinski definition) is 7. The van der Waals surface area contributed by atoms with Gasteiger partial charge in [-0.15, -0.1) is 0 Å². The third kappa shape index (κ3) is 9.95. The van der Waals surface area contributed by atoms with Crippen LogP contribution in [-0.2, 0) is 19.2 Å². The minimum absolute atomic E-state index is 0.0470. The van der Waals surface area contributed by atoms with Crippen LogP contribution < -0.4 is 27.4 Å². The van der Waals surface area contributed by atoms with Crippen molar-refractivity contribution in [1.82, 2.24) is 16.0 Å². The van der Waals surface area contributed by atoms with Crippen molar-refractivity contribution in [3.8, 4) is 0 Å². The first-order valence-corrected chi connectivity index (χ1v) is 10.4. The standard InChI is InChI=1S/C18H35N5O5S/c1-4-10(2)14(20)17(26)21-11(3)15(24)22-12(7-5-6-8-19)16(25)23-13(9-29)18(27)28/h10-14,29H,4-9,19-20H2,1-3H3,(H,21,26)(H,22,24)(H,23,25)(H,27,28). The number of aliphatic carboxylic acids is 1. The van der Waals surface area contributed by atoms with Crippen LogP contribution in [0.2, 0.25) is 0 Å². The molecule has 0 aliphatic carbocycles. The molecule has 0 saturated carbocycles. The summed E-state index contributed by atoms with van der Waals surface area (Å²) >= 11 is 3.91. The maximum atomic E-state index is 12.5. The Labute approximate surface area is 177 Å². The lowest BCUT2D eigenvalue weighted by Gasteiger charge is -2.24. The van der Waals surface area contributed by atoms with E-state index < -0.39 is 47.9 Å². The Balaban J connectivity index is 5.02. The molecule has 0 aliphatic heterocycles. The first-order chi connectivity index (χ1) is 13.6. The van der Waals surface area contributed by atoms with Crippen molar-refractivity contribution >= 4 is 36.3 Å². The number of amides is 3. The van der Waals surface area contributed by atoms with Gasteiger partial charge in [-0.2, -0.15) is 12.6 Å². The summed E-state index contributed by atoms with van der Waals surface area (Å²) in [6.45, 7) is 5.66. The molecule has 0 rings (SSSR count). The third-order valence-electron chi connectivity index (χ3n) is 4.69. The lowest BCUT2D eigenvalue weighted by molar-refractivity contribution is -0.141. The molecule has 29 heavy (non-hydrogen) atoms. The van der Waals surface area contributed by atoms with E-state index in [2.05, 4.69) is 28.6 Å². The third-order valence-corrected chi connectivity index (χ3v) is 5.05. The molecule has 5 unspecified atom stereocenters. The molecule has 5 atom stereocenters. The number of nitrogens with two attached hydrogens (primary N) is 2. The zero-order valence-electron chi connectivity index (χ0n) is 17.3. The molecule has 0 radical (unpaired) electrons. The molecule has 168 valence electrons. The second-order valence-electron chi connectivity index (χ2n) is 7.07. The first-order valence-electron chi connectivity index (χ1n) is 9.79. The summed E-state index contributed by atoms with van der Waals surface area (Å²) in [5.74, 6) is -3.02. The Bertz CT molecular complexity index is 563. The summed E-state index contributed by atoms with van der Waals surface area (Å²) in [4.78, 5) is 48.2.